The van der Waals surface area contributed by atoms with Gasteiger partial charge in [0.15, 0.2) is 11.0 Å². The van der Waals surface area contributed by atoms with Gasteiger partial charge in [0.25, 0.3) is 0 Å². The summed E-state index contributed by atoms with van der Waals surface area (Å²) in [5, 5.41) is 13.6. The Bertz CT molecular complexity index is 1060. The smallest absolute Gasteiger partial charge is 0.230 e. The summed E-state index contributed by atoms with van der Waals surface area (Å²) in [7, 11) is 0. The molecule has 3 aromatic rings. The van der Waals surface area contributed by atoms with E-state index in [0.29, 0.717) is 27.6 Å². The van der Waals surface area contributed by atoms with E-state index in [1.807, 2.05) is 10.6 Å². The fraction of sp³-hybridized carbons (Fsp3) is 0.375. The van der Waals surface area contributed by atoms with Crippen LogP contribution in [0.15, 0.2) is 41.6 Å². The number of nitrogens with one attached hydrogen (secondary N) is 1. The quantitative estimate of drug-likeness (QED) is 0.264. The molecule has 0 saturated carbocycles. The average Bonchev–Trinajstić information content (AvgIpc) is 3.20. The van der Waals surface area contributed by atoms with Gasteiger partial charge in [0.05, 0.1) is 16.5 Å². The zero-order chi connectivity index (χ0) is 23.1. The van der Waals surface area contributed by atoms with Crippen molar-refractivity contribution in [3.05, 3.63) is 57.6 Å². The molecule has 1 amide bonds. The van der Waals surface area contributed by atoms with Gasteiger partial charge in [-0.15, -0.1) is 10.2 Å². The van der Waals surface area contributed by atoms with E-state index in [-0.39, 0.29) is 11.7 Å². The minimum atomic E-state index is -0.0106. The molecule has 3 rings (SSSR count). The van der Waals surface area contributed by atoms with Gasteiger partial charge in [-0.2, -0.15) is 0 Å². The number of hydrogen-bond donors (Lipinski definition) is 1. The van der Waals surface area contributed by atoms with Crippen LogP contribution >= 0.6 is 35.0 Å². The molecule has 0 aliphatic rings. The fourth-order valence-electron chi connectivity index (χ4n) is 3.50. The van der Waals surface area contributed by atoms with Crippen LogP contribution in [-0.4, -0.2) is 33.0 Å². The molecule has 2 aromatic carbocycles. The van der Waals surface area contributed by atoms with Crippen molar-refractivity contribution in [2.45, 2.75) is 51.6 Å². The SMILES string of the molecule is CCCCNC(=O)CSc1nnc(-c2ccc(Cl)cc2Cl)n1-c1c(CC)cccc1CC. The second-order valence-corrected chi connectivity index (χ2v) is 9.18. The third kappa shape index (κ3) is 5.66. The Morgan fingerprint density at radius 3 is 2.41 bits per heavy atom. The van der Waals surface area contributed by atoms with Gasteiger partial charge in [-0.1, -0.05) is 80.4 Å². The van der Waals surface area contributed by atoms with Crippen LogP contribution in [0, 0.1) is 0 Å². The van der Waals surface area contributed by atoms with Crippen LogP contribution in [0.25, 0.3) is 17.1 Å². The van der Waals surface area contributed by atoms with Crippen LogP contribution in [0.3, 0.4) is 0 Å². The molecule has 1 heterocycles. The summed E-state index contributed by atoms with van der Waals surface area (Å²) in [6.07, 6.45) is 3.73. The standard InChI is InChI=1S/C24H28Cl2N4OS/c1-4-7-13-27-21(31)15-32-24-29-28-23(19-12-11-18(25)14-20(19)26)30(24)22-16(5-2)9-8-10-17(22)6-3/h8-12,14H,4-7,13,15H2,1-3H3,(H,27,31). The molecule has 0 aliphatic heterocycles. The number of amides is 1. The molecule has 1 N–H and O–H groups in total. The molecule has 5 nitrogen and oxygen atoms in total. The number of benzene rings is 2. The molecule has 170 valence electrons. The molecule has 1 aromatic heterocycles. The van der Waals surface area contributed by atoms with Crippen molar-refractivity contribution in [3.8, 4) is 17.1 Å². The molecular weight excluding hydrogens is 463 g/mol. The van der Waals surface area contributed by atoms with Crippen LogP contribution in [0.4, 0.5) is 0 Å². The van der Waals surface area contributed by atoms with Crippen molar-refractivity contribution in [1.82, 2.24) is 20.1 Å². The van der Waals surface area contributed by atoms with Gasteiger partial charge < -0.3 is 5.32 Å². The summed E-state index contributed by atoms with van der Waals surface area (Å²) in [4.78, 5) is 12.3. The lowest BCUT2D eigenvalue weighted by Crippen LogP contribution is -2.26. The Kier molecular flexibility index (Phi) is 9.02. The first-order chi connectivity index (χ1) is 15.5. The highest BCUT2D eigenvalue weighted by molar-refractivity contribution is 7.99. The lowest BCUT2D eigenvalue weighted by atomic mass is 10.0. The molecule has 0 unspecified atom stereocenters. The lowest BCUT2D eigenvalue weighted by molar-refractivity contribution is -0.118. The van der Waals surface area contributed by atoms with Crippen LogP contribution in [0.2, 0.25) is 10.0 Å². The summed E-state index contributed by atoms with van der Waals surface area (Å²) in [5.41, 5.74) is 4.17. The molecule has 0 spiro atoms. The first kappa shape index (κ1) is 24.6. The van der Waals surface area contributed by atoms with Crippen LogP contribution < -0.4 is 5.32 Å². The molecule has 32 heavy (non-hydrogen) atoms. The van der Waals surface area contributed by atoms with E-state index in [1.54, 1.807) is 12.1 Å². The van der Waals surface area contributed by atoms with Gasteiger partial charge in [-0.3, -0.25) is 9.36 Å². The van der Waals surface area contributed by atoms with E-state index in [4.69, 9.17) is 23.2 Å². The number of aromatic nitrogens is 3. The largest absolute Gasteiger partial charge is 0.355 e. The summed E-state index contributed by atoms with van der Waals surface area (Å²) in [6, 6.07) is 11.7. The van der Waals surface area contributed by atoms with E-state index in [9.17, 15) is 4.79 Å². The number of para-hydroxylation sites is 1. The van der Waals surface area contributed by atoms with Gasteiger partial charge in [0, 0.05) is 17.1 Å². The Morgan fingerprint density at radius 2 is 1.78 bits per heavy atom. The lowest BCUT2D eigenvalue weighted by Gasteiger charge is -2.18. The van der Waals surface area contributed by atoms with Gasteiger partial charge in [0.2, 0.25) is 5.91 Å². The van der Waals surface area contributed by atoms with Crippen molar-refractivity contribution >= 4 is 40.9 Å². The highest BCUT2D eigenvalue weighted by atomic mass is 35.5. The Hall–Kier alpha value is -2.02. The Balaban J connectivity index is 2.08. The van der Waals surface area contributed by atoms with Gasteiger partial charge in [-0.05, 0) is 48.6 Å². The second kappa shape index (κ2) is 11.7. The number of aryl methyl sites for hydroxylation is 2. The highest BCUT2D eigenvalue weighted by Crippen LogP contribution is 2.35. The minimum Gasteiger partial charge on any atom is -0.355 e. The zero-order valence-electron chi connectivity index (χ0n) is 18.6. The zero-order valence-corrected chi connectivity index (χ0v) is 20.9. The van der Waals surface area contributed by atoms with Crippen molar-refractivity contribution in [1.29, 1.82) is 0 Å². The van der Waals surface area contributed by atoms with Crippen LogP contribution in [0.5, 0.6) is 0 Å². The first-order valence-electron chi connectivity index (χ1n) is 10.9. The van der Waals surface area contributed by atoms with E-state index in [1.165, 1.54) is 22.9 Å². The molecule has 0 fully saturated rings. The maximum absolute atomic E-state index is 12.3. The monoisotopic (exact) mass is 490 g/mol. The van der Waals surface area contributed by atoms with E-state index < -0.39 is 0 Å². The average molecular weight is 491 g/mol. The van der Waals surface area contributed by atoms with E-state index in [2.05, 4.69) is 54.5 Å². The van der Waals surface area contributed by atoms with Crippen LogP contribution in [-0.2, 0) is 17.6 Å². The summed E-state index contributed by atoms with van der Waals surface area (Å²) < 4.78 is 2.04. The van der Waals surface area contributed by atoms with Crippen molar-refractivity contribution in [3.63, 3.8) is 0 Å². The fourth-order valence-corrected chi connectivity index (χ4v) is 4.76. The number of thioether (sulfide) groups is 1. The molecule has 0 saturated heterocycles. The van der Waals surface area contributed by atoms with Crippen molar-refractivity contribution in [2.24, 2.45) is 0 Å². The van der Waals surface area contributed by atoms with Gasteiger partial charge in [-0.25, -0.2) is 0 Å². The summed E-state index contributed by atoms with van der Waals surface area (Å²) in [6.45, 7) is 7.05. The maximum Gasteiger partial charge on any atom is 0.230 e. The molecule has 8 heteroatoms. The number of rotatable bonds is 10. The molecule has 0 aliphatic carbocycles. The third-order valence-electron chi connectivity index (χ3n) is 5.18. The number of carbonyl (C=O) groups is 1. The van der Waals surface area contributed by atoms with Crippen molar-refractivity contribution < 1.29 is 4.79 Å². The molecular formula is C24H28Cl2N4OS. The summed E-state index contributed by atoms with van der Waals surface area (Å²) in [5.74, 6) is 0.895. The predicted octanol–water partition coefficient (Wildman–Crippen LogP) is 6.37. The van der Waals surface area contributed by atoms with E-state index >= 15 is 0 Å². The predicted molar refractivity (Wildman–Crippen MR) is 134 cm³/mol. The number of hydrogen-bond acceptors (Lipinski definition) is 4. The molecule has 0 bridgehead atoms. The highest BCUT2D eigenvalue weighted by Gasteiger charge is 2.22. The molecule has 0 radical (unpaired) electrons. The Labute approximate surface area is 203 Å². The van der Waals surface area contributed by atoms with Crippen molar-refractivity contribution in [2.75, 3.05) is 12.3 Å². The maximum atomic E-state index is 12.3. The van der Waals surface area contributed by atoms with E-state index in [0.717, 1.165) is 36.9 Å². The van der Waals surface area contributed by atoms with Gasteiger partial charge in [0.1, 0.15) is 0 Å². The van der Waals surface area contributed by atoms with Crippen LogP contribution in [0.1, 0.15) is 44.7 Å². The molecule has 0 atom stereocenters. The number of nitrogens with zero attached hydrogens (tertiary/aromatic N) is 3. The normalized spacial score (nSPS) is 11.0. The number of carbonyl (C=O) groups excluding carboxylic acids is 1. The van der Waals surface area contributed by atoms with Gasteiger partial charge >= 0.3 is 0 Å². The third-order valence-corrected chi connectivity index (χ3v) is 6.66. The topological polar surface area (TPSA) is 59.8 Å². The number of halogens is 2. The second-order valence-electron chi connectivity index (χ2n) is 7.39. The first-order valence-corrected chi connectivity index (χ1v) is 12.7. The Morgan fingerprint density at radius 1 is 1.06 bits per heavy atom. The minimum absolute atomic E-state index is 0.0106. The number of unbranched alkanes of at least 4 members (excludes halogenated alkanes) is 1. The summed E-state index contributed by atoms with van der Waals surface area (Å²) >= 11 is 14.0.